The Kier molecular flexibility index (Phi) is 3.89. The molecule has 2 aromatic heterocycles. The van der Waals surface area contributed by atoms with Gasteiger partial charge in [0.05, 0.1) is 16.5 Å². The van der Waals surface area contributed by atoms with Crippen LogP contribution >= 0.6 is 23.2 Å². The molecule has 1 fully saturated rings. The molecule has 1 aliphatic rings. The van der Waals surface area contributed by atoms with Gasteiger partial charge in [-0.2, -0.15) is 0 Å². The van der Waals surface area contributed by atoms with Crippen LogP contribution in [0.1, 0.15) is 43.9 Å². The lowest BCUT2D eigenvalue weighted by molar-refractivity contribution is -0.0194. The van der Waals surface area contributed by atoms with E-state index in [-0.39, 0.29) is 5.38 Å². The number of halogens is 2. The van der Waals surface area contributed by atoms with E-state index in [0.717, 1.165) is 36.4 Å². The van der Waals surface area contributed by atoms with Gasteiger partial charge in [0.25, 0.3) is 0 Å². The fourth-order valence-electron chi connectivity index (χ4n) is 2.74. The van der Waals surface area contributed by atoms with Crippen LogP contribution in [0.2, 0.25) is 5.02 Å². The van der Waals surface area contributed by atoms with Crippen LogP contribution in [0.5, 0.6) is 0 Å². The molecule has 0 radical (unpaired) electrons. The first-order chi connectivity index (χ1) is 9.60. The summed E-state index contributed by atoms with van der Waals surface area (Å²) in [5.74, 6) is 0.858. The van der Waals surface area contributed by atoms with Crippen LogP contribution in [0.4, 0.5) is 0 Å². The molecule has 1 unspecified atom stereocenters. The molecule has 0 saturated heterocycles. The monoisotopic (exact) mass is 313 g/mol. The average Bonchev–Trinajstić information content (AvgIpc) is 2.71. The summed E-state index contributed by atoms with van der Waals surface area (Å²) in [6, 6.07) is 2.20. The molecule has 0 bridgehead atoms. The van der Waals surface area contributed by atoms with Crippen LogP contribution < -0.4 is 0 Å². The van der Waals surface area contributed by atoms with Crippen LogP contribution in [-0.4, -0.2) is 27.2 Å². The van der Waals surface area contributed by atoms with Crippen LogP contribution in [0.15, 0.2) is 12.3 Å². The Hall–Kier alpha value is -0.840. The van der Waals surface area contributed by atoms with Gasteiger partial charge in [-0.1, -0.05) is 11.6 Å². The lowest BCUT2D eigenvalue weighted by atomic mass is 9.88. The van der Waals surface area contributed by atoms with Gasteiger partial charge in [-0.05, 0) is 32.8 Å². The number of aromatic nitrogens is 3. The Morgan fingerprint density at radius 3 is 2.90 bits per heavy atom. The number of hydrogen-bond acceptors (Lipinski definition) is 3. The molecule has 4 nitrogen and oxygen atoms in total. The van der Waals surface area contributed by atoms with Gasteiger partial charge < -0.3 is 9.30 Å². The Labute approximate surface area is 128 Å². The zero-order valence-electron chi connectivity index (χ0n) is 11.5. The summed E-state index contributed by atoms with van der Waals surface area (Å²) in [4.78, 5) is 9.02. The number of pyridine rings is 1. The molecule has 2 aromatic rings. The molecule has 0 spiro atoms. The van der Waals surface area contributed by atoms with E-state index < -0.39 is 0 Å². The van der Waals surface area contributed by atoms with E-state index in [4.69, 9.17) is 27.9 Å². The third-order valence-electron chi connectivity index (χ3n) is 3.72. The largest absolute Gasteiger partial charge is 0.378 e. The maximum atomic E-state index is 6.27. The highest BCUT2D eigenvalue weighted by Gasteiger charge is 2.34. The minimum atomic E-state index is -0.158. The van der Waals surface area contributed by atoms with E-state index in [1.165, 1.54) is 0 Å². The minimum absolute atomic E-state index is 0.158. The first kappa shape index (κ1) is 14.1. The second kappa shape index (κ2) is 5.51. The molecule has 1 atom stereocenters. The van der Waals surface area contributed by atoms with Gasteiger partial charge in [-0.15, -0.1) is 11.6 Å². The normalized spacial score (nSPS) is 23.8. The van der Waals surface area contributed by atoms with Crippen LogP contribution in [-0.2, 0) is 4.74 Å². The van der Waals surface area contributed by atoms with Gasteiger partial charge in [0.1, 0.15) is 11.3 Å². The van der Waals surface area contributed by atoms with Gasteiger partial charge in [-0.3, -0.25) is 0 Å². The second-order valence-electron chi connectivity index (χ2n) is 5.15. The smallest absolute Gasteiger partial charge is 0.160 e. The third kappa shape index (κ3) is 2.41. The van der Waals surface area contributed by atoms with Gasteiger partial charge in [0.15, 0.2) is 5.65 Å². The number of ether oxygens (including phenoxy) is 1. The number of alkyl halides is 1. The highest BCUT2D eigenvalue weighted by molar-refractivity contribution is 6.31. The second-order valence-corrected chi connectivity index (χ2v) is 6.25. The van der Waals surface area contributed by atoms with E-state index in [1.807, 2.05) is 19.9 Å². The predicted molar refractivity (Wildman–Crippen MR) is 80.5 cm³/mol. The summed E-state index contributed by atoms with van der Waals surface area (Å²) in [6.45, 7) is 4.71. The fraction of sp³-hybridized carbons (Fsp3) is 0.571. The number of nitrogens with zero attached hydrogens (tertiary/aromatic N) is 3. The molecule has 1 saturated carbocycles. The lowest BCUT2D eigenvalue weighted by Gasteiger charge is -2.36. The highest BCUT2D eigenvalue weighted by atomic mass is 35.5. The van der Waals surface area contributed by atoms with Gasteiger partial charge in [0, 0.05) is 18.8 Å². The Morgan fingerprint density at radius 1 is 1.50 bits per heavy atom. The molecule has 0 aromatic carbocycles. The Morgan fingerprint density at radius 2 is 2.25 bits per heavy atom. The molecular weight excluding hydrogens is 297 g/mol. The molecule has 0 N–H and O–H groups in total. The zero-order chi connectivity index (χ0) is 14.3. The Balaban J connectivity index is 1.98. The van der Waals surface area contributed by atoms with E-state index in [1.54, 1.807) is 6.20 Å². The number of fused-ring (bicyclic) bond motifs is 1. The standard InChI is InChI=1S/C14H17Cl2N3O/c1-3-20-11-5-10(6-11)19-13(8(2)15)18-12-4-9(16)7-17-14(12)19/h4,7-8,10-11H,3,5-6H2,1-2H3. The number of rotatable bonds is 4. The highest BCUT2D eigenvalue weighted by Crippen LogP contribution is 2.39. The molecular formula is C14H17Cl2N3O. The molecule has 20 heavy (non-hydrogen) atoms. The fourth-order valence-corrected chi connectivity index (χ4v) is 3.04. The average molecular weight is 314 g/mol. The van der Waals surface area contributed by atoms with E-state index in [9.17, 15) is 0 Å². The van der Waals surface area contributed by atoms with Crippen LogP contribution in [0.3, 0.4) is 0 Å². The quantitative estimate of drug-likeness (QED) is 0.797. The Bertz CT molecular complexity index is 620. The van der Waals surface area contributed by atoms with Crippen molar-refractivity contribution in [2.24, 2.45) is 0 Å². The van der Waals surface area contributed by atoms with Crippen molar-refractivity contribution in [2.75, 3.05) is 6.61 Å². The zero-order valence-corrected chi connectivity index (χ0v) is 13.0. The van der Waals surface area contributed by atoms with Crippen molar-refractivity contribution < 1.29 is 4.74 Å². The summed E-state index contributed by atoms with van der Waals surface area (Å²) in [7, 11) is 0. The van der Waals surface area contributed by atoms with E-state index in [0.29, 0.717) is 17.2 Å². The molecule has 6 heteroatoms. The summed E-state index contributed by atoms with van der Waals surface area (Å²) in [5, 5.41) is 0.436. The maximum Gasteiger partial charge on any atom is 0.160 e. The van der Waals surface area contributed by atoms with Crippen LogP contribution in [0, 0.1) is 0 Å². The van der Waals surface area contributed by atoms with Crippen molar-refractivity contribution in [3.8, 4) is 0 Å². The molecule has 1 aliphatic carbocycles. The van der Waals surface area contributed by atoms with E-state index >= 15 is 0 Å². The molecule has 2 heterocycles. The minimum Gasteiger partial charge on any atom is -0.378 e. The predicted octanol–water partition coefficient (Wildman–Crippen LogP) is 4.12. The van der Waals surface area contributed by atoms with Crippen molar-refractivity contribution in [3.63, 3.8) is 0 Å². The van der Waals surface area contributed by atoms with Gasteiger partial charge >= 0.3 is 0 Å². The topological polar surface area (TPSA) is 39.9 Å². The summed E-state index contributed by atoms with van der Waals surface area (Å²) in [6.07, 6.45) is 3.97. The number of hydrogen-bond donors (Lipinski definition) is 0. The SMILES string of the molecule is CCOC1CC(n2c(C(C)Cl)nc3cc(Cl)cnc32)C1. The van der Waals surface area contributed by atoms with Crippen molar-refractivity contribution in [2.45, 2.75) is 44.2 Å². The van der Waals surface area contributed by atoms with Crippen molar-refractivity contribution >= 4 is 34.4 Å². The first-order valence-corrected chi connectivity index (χ1v) is 7.70. The van der Waals surface area contributed by atoms with Gasteiger partial charge in [-0.25, -0.2) is 9.97 Å². The number of imidazole rings is 1. The van der Waals surface area contributed by atoms with E-state index in [2.05, 4.69) is 14.5 Å². The summed E-state index contributed by atoms with van der Waals surface area (Å²) in [5.41, 5.74) is 1.66. The van der Waals surface area contributed by atoms with Crippen LogP contribution in [0.25, 0.3) is 11.2 Å². The molecule has 3 rings (SSSR count). The molecule has 0 aliphatic heterocycles. The van der Waals surface area contributed by atoms with Crippen molar-refractivity contribution in [3.05, 3.63) is 23.1 Å². The summed E-state index contributed by atoms with van der Waals surface area (Å²) >= 11 is 12.3. The molecule has 0 amide bonds. The van der Waals surface area contributed by atoms with Crippen molar-refractivity contribution in [1.29, 1.82) is 0 Å². The third-order valence-corrected chi connectivity index (χ3v) is 4.12. The van der Waals surface area contributed by atoms with Gasteiger partial charge in [0.2, 0.25) is 0 Å². The molecule has 108 valence electrons. The summed E-state index contributed by atoms with van der Waals surface area (Å²) < 4.78 is 7.78. The lowest BCUT2D eigenvalue weighted by Crippen LogP contribution is -2.34. The van der Waals surface area contributed by atoms with Crippen molar-refractivity contribution in [1.82, 2.24) is 14.5 Å². The first-order valence-electron chi connectivity index (χ1n) is 6.89. The maximum absolute atomic E-state index is 6.27.